The van der Waals surface area contributed by atoms with E-state index in [-0.39, 0.29) is 25.9 Å². The van der Waals surface area contributed by atoms with Crippen LogP contribution in [0, 0.1) is 0 Å². The number of imide groups is 1. The van der Waals surface area contributed by atoms with Crippen molar-refractivity contribution in [2.75, 3.05) is 26.6 Å². The van der Waals surface area contributed by atoms with Crippen molar-refractivity contribution in [3.63, 3.8) is 0 Å². The maximum atomic E-state index is 12.9. The van der Waals surface area contributed by atoms with Crippen molar-refractivity contribution in [2.24, 2.45) is 0 Å². The van der Waals surface area contributed by atoms with E-state index in [1.54, 1.807) is 19.1 Å². The molecule has 4 rings (SSSR count). The van der Waals surface area contributed by atoms with Crippen molar-refractivity contribution in [1.82, 2.24) is 10.2 Å². The molecule has 3 amide bonds. The van der Waals surface area contributed by atoms with Crippen LogP contribution in [-0.2, 0) is 11.2 Å². The number of ether oxygens (including phenoxy) is 4. The molecule has 0 aliphatic carbocycles. The van der Waals surface area contributed by atoms with Crippen LogP contribution < -0.4 is 24.3 Å². The molecule has 0 spiro atoms. The van der Waals surface area contributed by atoms with Crippen LogP contribution >= 0.6 is 0 Å². The van der Waals surface area contributed by atoms with Crippen LogP contribution in [0.25, 0.3) is 0 Å². The standard InChI is InChI=1S/C22H24N2O6/c1-3-27-16-5-7-17(8-6-16)28-11-10-24-20(25)22(2,23-21(24)26)13-15-4-9-18-19(12-15)30-14-29-18/h4-9,12H,3,10-11,13-14H2,1-2H3,(H,23,26). The maximum Gasteiger partial charge on any atom is 0.325 e. The number of nitrogens with zero attached hydrogens (tertiary/aromatic N) is 1. The summed E-state index contributed by atoms with van der Waals surface area (Å²) in [6.45, 7) is 4.79. The second-order valence-electron chi connectivity index (χ2n) is 7.34. The van der Waals surface area contributed by atoms with Gasteiger partial charge in [0.1, 0.15) is 23.6 Å². The van der Waals surface area contributed by atoms with Crippen molar-refractivity contribution in [3.8, 4) is 23.0 Å². The van der Waals surface area contributed by atoms with E-state index < -0.39 is 11.6 Å². The number of carbonyl (C=O) groups excluding carboxylic acids is 2. The number of rotatable bonds is 8. The SMILES string of the molecule is CCOc1ccc(OCCN2C(=O)NC(C)(Cc3ccc4c(c3)OCO4)C2=O)cc1. The van der Waals surface area contributed by atoms with E-state index in [0.29, 0.717) is 30.3 Å². The summed E-state index contributed by atoms with van der Waals surface area (Å²) < 4.78 is 21.8. The highest BCUT2D eigenvalue weighted by Crippen LogP contribution is 2.34. The molecule has 0 saturated carbocycles. The van der Waals surface area contributed by atoms with Gasteiger partial charge in [-0.15, -0.1) is 0 Å². The highest BCUT2D eigenvalue weighted by Gasteiger charge is 2.47. The minimum atomic E-state index is -1.02. The fraction of sp³-hybridized carbons (Fsp3) is 0.364. The molecule has 1 fully saturated rings. The van der Waals surface area contributed by atoms with E-state index in [4.69, 9.17) is 18.9 Å². The quantitative estimate of drug-likeness (QED) is 0.671. The summed E-state index contributed by atoms with van der Waals surface area (Å²) in [4.78, 5) is 26.6. The highest BCUT2D eigenvalue weighted by atomic mass is 16.7. The fourth-order valence-corrected chi connectivity index (χ4v) is 3.58. The Bertz CT molecular complexity index is 945. The van der Waals surface area contributed by atoms with Gasteiger partial charge < -0.3 is 24.3 Å². The molecule has 1 saturated heterocycles. The average molecular weight is 412 g/mol. The van der Waals surface area contributed by atoms with E-state index in [1.165, 1.54) is 4.90 Å². The first-order valence-electron chi connectivity index (χ1n) is 9.87. The van der Waals surface area contributed by atoms with Gasteiger partial charge in [-0.3, -0.25) is 9.69 Å². The molecule has 1 unspecified atom stereocenters. The molecule has 2 aliphatic rings. The monoisotopic (exact) mass is 412 g/mol. The Morgan fingerprint density at radius 1 is 1.03 bits per heavy atom. The van der Waals surface area contributed by atoms with Crippen LogP contribution in [0.3, 0.4) is 0 Å². The summed E-state index contributed by atoms with van der Waals surface area (Å²) in [6, 6.07) is 12.3. The van der Waals surface area contributed by atoms with Crippen molar-refractivity contribution in [2.45, 2.75) is 25.8 Å². The molecule has 0 radical (unpaired) electrons. The zero-order chi connectivity index (χ0) is 21.1. The van der Waals surface area contributed by atoms with Crippen LogP contribution in [0.15, 0.2) is 42.5 Å². The number of urea groups is 1. The van der Waals surface area contributed by atoms with Gasteiger partial charge in [0.2, 0.25) is 6.79 Å². The van der Waals surface area contributed by atoms with E-state index >= 15 is 0 Å². The van der Waals surface area contributed by atoms with Gasteiger partial charge in [-0.1, -0.05) is 6.07 Å². The topological polar surface area (TPSA) is 86.3 Å². The predicted octanol–water partition coefficient (Wildman–Crippen LogP) is 2.75. The third-order valence-corrected chi connectivity index (χ3v) is 5.06. The lowest BCUT2D eigenvalue weighted by molar-refractivity contribution is -0.131. The first-order valence-corrected chi connectivity index (χ1v) is 9.87. The Morgan fingerprint density at radius 3 is 2.47 bits per heavy atom. The molecule has 158 valence electrons. The fourth-order valence-electron chi connectivity index (χ4n) is 3.58. The minimum Gasteiger partial charge on any atom is -0.494 e. The number of carbonyl (C=O) groups is 2. The molecule has 0 aromatic heterocycles. The summed E-state index contributed by atoms with van der Waals surface area (Å²) in [5, 5.41) is 2.81. The molecular formula is C22H24N2O6. The minimum absolute atomic E-state index is 0.161. The van der Waals surface area contributed by atoms with Gasteiger partial charge in [-0.25, -0.2) is 4.79 Å². The Morgan fingerprint density at radius 2 is 1.73 bits per heavy atom. The van der Waals surface area contributed by atoms with Crippen molar-refractivity contribution in [1.29, 1.82) is 0 Å². The molecule has 2 aliphatic heterocycles. The van der Waals surface area contributed by atoms with Crippen molar-refractivity contribution < 1.29 is 28.5 Å². The number of hydrogen-bond acceptors (Lipinski definition) is 6. The average Bonchev–Trinajstić information content (AvgIpc) is 3.27. The summed E-state index contributed by atoms with van der Waals surface area (Å²) in [7, 11) is 0. The maximum absolute atomic E-state index is 12.9. The molecule has 30 heavy (non-hydrogen) atoms. The van der Waals surface area contributed by atoms with E-state index in [0.717, 1.165) is 11.3 Å². The lowest BCUT2D eigenvalue weighted by Gasteiger charge is -2.22. The molecule has 8 nitrogen and oxygen atoms in total. The lowest BCUT2D eigenvalue weighted by atomic mass is 9.92. The number of nitrogens with one attached hydrogen (secondary N) is 1. The van der Waals surface area contributed by atoms with Crippen molar-refractivity contribution in [3.05, 3.63) is 48.0 Å². The van der Waals surface area contributed by atoms with Crippen LogP contribution in [0.1, 0.15) is 19.4 Å². The molecule has 0 bridgehead atoms. The van der Waals surface area contributed by atoms with E-state index in [1.807, 2.05) is 37.3 Å². The third-order valence-electron chi connectivity index (χ3n) is 5.06. The highest BCUT2D eigenvalue weighted by molar-refractivity contribution is 6.07. The van der Waals surface area contributed by atoms with Gasteiger partial charge >= 0.3 is 6.03 Å². The zero-order valence-corrected chi connectivity index (χ0v) is 17.0. The Balaban J connectivity index is 1.35. The Hall–Kier alpha value is -3.42. The normalized spacial score (nSPS) is 19.7. The molecule has 8 heteroatoms. The van der Waals surface area contributed by atoms with Gasteiger partial charge in [0.05, 0.1) is 13.2 Å². The van der Waals surface area contributed by atoms with E-state index in [2.05, 4.69) is 5.32 Å². The molecule has 2 aromatic rings. The summed E-state index contributed by atoms with van der Waals surface area (Å²) in [6.07, 6.45) is 0.352. The van der Waals surface area contributed by atoms with Crippen LogP contribution in [0.4, 0.5) is 4.79 Å². The summed E-state index contributed by atoms with van der Waals surface area (Å²) in [5.41, 5.74) is -0.146. The number of hydrogen-bond donors (Lipinski definition) is 1. The smallest absolute Gasteiger partial charge is 0.325 e. The van der Waals surface area contributed by atoms with Gasteiger partial charge in [0, 0.05) is 6.42 Å². The second-order valence-corrected chi connectivity index (χ2v) is 7.34. The number of benzene rings is 2. The van der Waals surface area contributed by atoms with Crippen LogP contribution in [-0.4, -0.2) is 48.9 Å². The molecule has 2 aromatic carbocycles. The Kier molecular flexibility index (Phi) is 5.39. The van der Waals surface area contributed by atoms with Crippen LogP contribution in [0.5, 0.6) is 23.0 Å². The molecule has 1 N–H and O–H groups in total. The number of amides is 3. The summed E-state index contributed by atoms with van der Waals surface area (Å²) >= 11 is 0. The molecule has 2 heterocycles. The second kappa shape index (κ2) is 8.14. The Labute approximate surface area is 174 Å². The van der Waals surface area contributed by atoms with Crippen molar-refractivity contribution >= 4 is 11.9 Å². The molecular weight excluding hydrogens is 388 g/mol. The third kappa shape index (κ3) is 3.98. The first kappa shape index (κ1) is 19.9. The van der Waals surface area contributed by atoms with Crippen LogP contribution in [0.2, 0.25) is 0 Å². The van der Waals surface area contributed by atoms with Gasteiger partial charge in [0.15, 0.2) is 11.5 Å². The van der Waals surface area contributed by atoms with E-state index in [9.17, 15) is 9.59 Å². The predicted molar refractivity (Wildman–Crippen MR) is 108 cm³/mol. The largest absolute Gasteiger partial charge is 0.494 e. The summed E-state index contributed by atoms with van der Waals surface area (Å²) in [5.74, 6) is 2.46. The van der Waals surface area contributed by atoms with Gasteiger partial charge in [-0.2, -0.15) is 0 Å². The molecule has 1 atom stereocenters. The van der Waals surface area contributed by atoms with Gasteiger partial charge in [0.25, 0.3) is 5.91 Å². The van der Waals surface area contributed by atoms with Gasteiger partial charge in [-0.05, 0) is 55.8 Å². The first-order chi connectivity index (χ1) is 14.5. The zero-order valence-electron chi connectivity index (χ0n) is 17.0. The number of fused-ring (bicyclic) bond motifs is 1. The lowest BCUT2D eigenvalue weighted by Crippen LogP contribution is -2.46.